The standard InChI is InChI=1S/C54H100NO7P/c1-6-8-10-12-14-16-18-20-22-24-26-27-28-30-32-34-36-38-40-42-44-46-49-59-51-53(52-61-63(57,58)60-50-48-55(3,4)5)62-54(56)47-45-43-41-39-37-35-33-31-29-25-23-21-19-17-15-13-11-9-7-2/h8,10,14,16,20,22,26-27,30,32,53H,6-7,9,11-13,15,17-19,21,23-25,28-29,31,33-52H2,1-5H3/b10-8-,16-14-,22-20-,27-26-,32-30-. The number of hydrogen-bond acceptors (Lipinski definition) is 7. The van der Waals surface area contributed by atoms with Crippen LogP contribution in [0.1, 0.15) is 219 Å². The van der Waals surface area contributed by atoms with Crippen molar-refractivity contribution in [2.75, 3.05) is 54.1 Å². The number of phosphoric acid groups is 1. The zero-order valence-electron chi connectivity index (χ0n) is 41.8. The molecule has 63 heavy (non-hydrogen) atoms. The summed E-state index contributed by atoms with van der Waals surface area (Å²) in [5, 5.41) is 0. The van der Waals surface area contributed by atoms with Crippen molar-refractivity contribution in [3.63, 3.8) is 0 Å². The summed E-state index contributed by atoms with van der Waals surface area (Å²) in [5.74, 6) is -0.338. The third-order valence-electron chi connectivity index (χ3n) is 11.1. The predicted molar refractivity (Wildman–Crippen MR) is 268 cm³/mol. The summed E-state index contributed by atoms with van der Waals surface area (Å²) < 4.78 is 34.8. The van der Waals surface area contributed by atoms with Gasteiger partial charge in [-0.3, -0.25) is 9.36 Å². The number of likely N-dealkylation sites (N-methyl/N-ethyl adjacent to an activating group) is 1. The van der Waals surface area contributed by atoms with Crippen molar-refractivity contribution < 1.29 is 37.3 Å². The highest BCUT2D eigenvalue weighted by Gasteiger charge is 2.20. The lowest BCUT2D eigenvalue weighted by atomic mass is 10.0. The molecule has 0 amide bonds. The first-order valence-electron chi connectivity index (χ1n) is 26.0. The summed E-state index contributed by atoms with van der Waals surface area (Å²) in [5.41, 5.74) is 0. The minimum atomic E-state index is -4.54. The fraction of sp³-hybridized carbons (Fsp3) is 0.796. The molecule has 0 saturated carbocycles. The van der Waals surface area contributed by atoms with Crippen LogP contribution >= 0.6 is 7.82 Å². The molecular formula is C54H100NO7P. The second kappa shape index (κ2) is 46.7. The first kappa shape index (κ1) is 61.2. The van der Waals surface area contributed by atoms with E-state index in [2.05, 4.69) is 74.6 Å². The number of ether oxygens (including phenoxy) is 2. The van der Waals surface area contributed by atoms with Crippen molar-refractivity contribution in [2.45, 2.75) is 225 Å². The highest BCUT2D eigenvalue weighted by Crippen LogP contribution is 2.38. The molecule has 0 aromatic heterocycles. The zero-order chi connectivity index (χ0) is 46.2. The van der Waals surface area contributed by atoms with Crippen LogP contribution in [-0.4, -0.2) is 70.7 Å². The molecule has 8 nitrogen and oxygen atoms in total. The maximum absolute atomic E-state index is 12.8. The molecule has 0 aliphatic rings. The molecule has 0 aliphatic carbocycles. The average molecular weight is 906 g/mol. The van der Waals surface area contributed by atoms with Gasteiger partial charge in [0.25, 0.3) is 7.82 Å². The number of esters is 1. The highest BCUT2D eigenvalue weighted by molar-refractivity contribution is 7.45. The lowest BCUT2D eigenvalue weighted by Gasteiger charge is -2.28. The Morgan fingerprint density at radius 2 is 0.921 bits per heavy atom. The maximum atomic E-state index is 12.8. The quantitative estimate of drug-likeness (QED) is 0.0197. The van der Waals surface area contributed by atoms with Gasteiger partial charge in [-0.05, 0) is 57.8 Å². The summed E-state index contributed by atoms with van der Waals surface area (Å²) in [6.07, 6.45) is 59.6. The Kier molecular flexibility index (Phi) is 45.4. The number of unbranched alkanes of at least 4 members (excludes halogenated alkanes) is 24. The lowest BCUT2D eigenvalue weighted by Crippen LogP contribution is -2.37. The first-order chi connectivity index (χ1) is 30.6. The van der Waals surface area contributed by atoms with Gasteiger partial charge < -0.3 is 27.9 Å². The number of quaternary nitrogens is 1. The van der Waals surface area contributed by atoms with Gasteiger partial charge in [0.1, 0.15) is 19.3 Å². The van der Waals surface area contributed by atoms with E-state index in [1.807, 2.05) is 21.1 Å². The van der Waals surface area contributed by atoms with Gasteiger partial charge in [-0.2, -0.15) is 0 Å². The highest BCUT2D eigenvalue weighted by atomic mass is 31.2. The number of nitrogens with zero attached hydrogens (tertiary/aromatic N) is 1. The summed E-state index contributed by atoms with van der Waals surface area (Å²) in [6, 6.07) is 0. The van der Waals surface area contributed by atoms with Gasteiger partial charge >= 0.3 is 5.97 Å². The Balaban J connectivity index is 4.17. The fourth-order valence-corrected chi connectivity index (χ4v) is 7.83. The maximum Gasteiger partial charge on any atom is 0.306 e. The van der Waals surface area contributed by atoms with Crippen LogP contribution in [0.5, 0.6) is 0 Å². The minimum Gasteiger partial charge on any atom is -0.756 e. The van der Waals surface area contributed by atoms with Crippen LogP contribution in [0, 0.1) is 0 Å². The van der Waals surface area contributed by atoms with Crippen LogP contribution in [-0.2, 0) is 27.9 Å². The lowest BCUT2D eigenvalue weighted by molar-refractivity contribution is -0.870. The van der Waals surface area contributed by atoms with Gasteiger partial charge in [-0.15, -0.1) is 0 Å². The molecule has 2 atom stereocenters. The Bertz CT molecular complexity index is 1190. The fourth-order valence-electron chi connectivity index (χ4n) is 7.10. The van der Waals surface area contributed by atoms with E-state index in [1.165, 1.54) is 122 Å². The third-order valence-corrected chi connectivity index (χ3v) is 12.0. The number of allylic oxidation sites excluding steroid dienone is 10. The van der Waals surface area contributed by atoms with E-state index in [0.29, 0.717) is 24.1 Å². The largest absolute Gasteiger partial charge is 0.756 e. The second-order valence-electron chi connectivity index (χ2n) is 18.5. The molecule has 0 rings (SSSR count). The van der Waals surface area contributed by atoms with Gasteiger partial charge in [-0.1, -0.05) is 216 Å². The van der Waals surface area contributed by atoms with E-state index in [1.54, 1.807) is 0 Å². The minimum absolute atomic E-state index is 0.0218. The van der Waals surface area contributed by atoms with Crippen LogP contribution in [0.25, 0.3) is 0 Å². The molecule has 0 saturated heterocycles. The summed E-state index contributed by atoms with van der Waals surface area (Å²) in [4.78, 5) is 25.2. The number of phosphoric ester groups is 1. The van der Waals surface area contributed by atoms with E-state index in [0.717, 1.165) is 77.0 Å². The summed E-state index contributed by atoms with van der Waals surface area (Å²) in [7, 11) is 1.35. The molecule has 0 bridgehead atoms. The van der Waals surface area contributed by atoms with Gasteiger partial charge in [0.05, 0.1) is 34.4 Å². The normalized spacial score (nSPS) is 14.1. The average Bonchev–Trinajstić information content (AvgIpc) is 3.24. The van der Waals surface area contributed by atoms with Crippen molar-refractivity contribution >= 4 is 13.8 Å². The molecule has 0 aromatic carbocycles. The Morgan fingerprint density at radius 1 is 0.508 bits per heavy atom. The van der Waals surface area contributed by atoms with Gasteiger partial charge in [0.2, 0.25) is 0 Å². The van der Waals surface area contributed by atoms with E-state index in [9.17, 15) is 14.3 Å². The summed E-state index contributed by atoms with van der Waals surface area (Å²) >= 11 is 0. The predicted octanol–water partition coefficient (Wildman–Crippen LogP) is 15.4. The number of rotatable bonds is 48. The van der Waals surface area contributed by atoms with Crippen molar-refractivity contribution in [1.29, 1.82) is 0 Å². The molecular weight excluding hydrogens is 806 g/mol. The van der Waals surface area contributed by atoms with Crippen molar-refractivity contribution in [1.82, 2.24) is 0 Å². The van der Waals surface area contributed by atoms with E-state index >= 15 is 0 Å². The Labute approximate surface area is 390 Å². The third kappa shape index (κ3) is 51.1. The molecule has 0 N–H and O–H groups in total. The molecule has 0 radical (unpaired) electrons. The van der Waals surface area contributed by atoms with Crippen LogP contribution in [0.4, 0.5) is 0 Å². The van der Waals surface area contributed by atoms with Crippen LogP contribution in [0.3, 0.4) is 0 Å². The molecule has 0 fully saturated rings. The Hall–Kier alpha value is -1.80. The van der Waals surface area contributed by atoms with Gasteiger partial charge in [0.15, 0.2) is 0 Å². The van der Waals surface area contributed by atoms with Gasteiger partial charge in [0, 0.05) is 13.0 Å². The van der Waals surface area contributed by atoms with Crippen LogP contribution in [0.15, 0.2) is 60.8 Å². The first-order valence-corrected chi connectivity index (χ1v) is 27.5. The monoisotopic (exact) mass is 906 g/mol. The van der Waals surface area contributed by atoms with E-state index in [-0.39, 0.29) is 25.8 Å². The summed E-state index contributed by atoms with van der Waals surface area (Å²) in [6.45, 7) is 5.29. The molecule has 368 valence electrons. The number of hydrogen-bond donors (Lipinski definition) is 0. The van der Waals surface area contributed by atoms with Crippen LogP contribution in [0.2, 0.25) is 0 Å². The number of carbonyl (C=O) groups is 1. The zero-order valence-corrected chi connectivity index (χ0v) is 42.7. The molecule has 2 unspecified atom stereocenters. The second-order valence-corrected chi connectivity index (χ2v) is 19.9. The smallest absolute Gasteiger partial charge is 0.306 e. The molecule has 0 heterocycles. The van der Waals surface area contributed by atoms with E-state index in [4.69, 9.17) is 18.5 Å². The van der Waals surface area contributed by atoms with Crippen LogP contribution < -0.4 is 4.89 Å². The van der Waals surface area contributed by atoms with Crippen molar-refractivity contribution in [2.24, 2.45) is 0 Å². The Morgan fingerprint density at radius 3 is 1.38 bits per heavy atom. The van der Waals surface area contributed by atoms with Gasteiger partial charge in [-0.25, -0.2) is 0 Å². The van der Waals surface area contributed by atoms with E-state index < -0.39 is 13.9 Å². The SMILES string of the molecule is CC/C=C\C/C=C\C/C=C\C/C=C\C/C=C\CCCCCCCCOCC(COP(=O)([O-])OCC[N+](C)(C)C)OC(=O)CCCCCCCCCCCCCCCCCCCCC. The molecule has 0 spiro atoms. The topological polar surface area (TPSA) is 94.1 Å². The van der Waals surface area contributed by atoms with Crippen molar-refractivity contribution in [3.05, 3.63) is 60.8 Å². The van der Waals surface area contributed by atoms with Crippen molar-refractivity contribution in [3.8, 4) is 0 Å². The number of carbonyl (C=O) groups excluding carboxylic acids is 1. The molecule has 0 aromatic rings. The molecule has 0 aliphatic heterocycles. The molecule has 9 heteroatoms.